The summed E-state index contributed by atoms with van der Waals surface area (Å²) in [7, 11) is 1.71. The number of hydrogen-bond acceptors (Lipinski definition) is 4. The Morgan fingerprint density at radius 1 is 1.05 bits per heavy atom. The van der Waals surface area contributed by atoms with E-state index >= 15 is 0 Å². The molecular weight excluding hydrogens is 528 g/mol. The molecule has 0 N–H and O–H groups in total. The third-order valence-corrected chi connectivity index (χ3v) is 11.7. The number of allylic oxidation sites excluding steroid dienone is 1. The fraction of sp³-hybridized carbons (Fsp3) is 0.615. The third-order valence-electron chi connectivity index (χ3n) is 11.7. The van der Waals surface area contributed by atoms with E-state index in [1.165, 1.54) is 101 Å². The van der Waals surface area contributed by atoms with Crippen LogP contribution in [0.25, 0.3) is 0 Å². The summed E-state index contributed by atoms with van der Waals surface area (Å²) < 4.78 is 5.80. The zero-order chi connectivity index (χ0) is 29.8. The first-order valence-electron chi connectivity index (χ1n) is 17.2. The number of rotatable bonds is 12. The summed E-state index contributed by atoms with van der Waals surface area (Å²) >= 11 is 0. The van der Waals surface area contributed by atoms with Gasteiger partial charge in [0.25, 0.3) is 0 Å². The lowest BCUT2D eigenvalue weighted by molar-refractivity contribution is 0.0878. The second kappa shape index (κ2) is 13.5. The second-order valence-corrected chi connectivity index (χ2v) is 14.3. The van der Waals surface area contributed by atoms with Gasteiger partial charge in [0.2, 0.25) is 0 Å². The highest BCUT2D eigenvalue weighted by Gasteiger charge is 2.40. The predicted molar refractivity (Wildman–Crippen MR) is 175 cm³/mol. The topological polar surface area (TPSA) is 42.4 Å². The molecule has 43 heavy (non-hydrogen) atoms. The molecule has 4 heteroatoms. The Balaban J connectivity index is 1.10. The van der Waals surface area contributed by atoms with Gasteiger partial charge in [-0.1, -0.05) is 56.9 Å². The molecule has 2 bridgehead atoms. The Hall–Kier alpha value is -2.68. The van der Waals surface area contributed by atoms with Crippen LogP contribution in [0.4, 0.5) is 0 Å². The molecule has 7 rings (SSSR count). The summed E-state index contributed by atoms with van der Waals surface area (Å²) in [5.41, 5.74) is 10.4. The Labute approximate surface area is 260 Å². The molecule has 0 radical (unpaired) electrons. The molecule has 1 aromatic carbocycles. The molecule has 4 nitrogen and oxygen atoms in total. The quantitative estimate of drug-likeness (QED) is 0.186. The molecule has 0 amide bonds. The van der Waals surface area contributed by atoms with E-state index in [0.717, 1.165) is 47.1 Å². The molecule has 2 aliphatic carbocycles. The van der Waals surface area contributed by atoms with Crippen LogP contribution in [0.3, 0.4) is 0 Å². The van der Waals surface area contributed by atoms with Crippen LogP contribution in [0.5, 0.6) is 5.75 Å². The van der Waals surface area contributed by atoms with Crippen molar-refractivity contribution in [2.75, 3.05) is 26.7 Å². The monoisotopic (exact) mass is 580 g/mol. The maximum Gasteiger partial charge on any atom is 0.163 e. The number of methoxy groups -OCH3 is 1. The highest BCUT2D eigenvalue weighted by atomic mass is 16.5. The standard InChI is InChI=1S/C39H52N2O2/c1-4-35(39(18-8-19-39)20-16-29-9-5-6-10-29)23-31-14-15-36(40-28(31)2)24-33-13-12-32(26-38(33)43-3)37(42)25-34-27-41-21-7-11-30(34)17-22-41/h12-15,26,29-30,34H,1,5-11,16-25,27H2,2-3H3. The lowest BCUT2D eigenvalue weighted by atomic mass is 9.60. The Kier molecular flexibility index (Phi) is 9.55. The molecule has 2 aromatic rings. The summed E-state index contributed by atoms with van der Waals surface area (Å²) in [5.74, 6) is 3.16. The fourth-order valence-electron chi connectivity index (χ4n) is 8.80. The molecule has 3 atom stereocenters. The summed E-state index contributed by atoms with van der Waals surface area (Å²) in [6, 6.07) is 10.5. The van der Waals surface area contributed by atoms with E-state index in [1.807, 2.05) is 12.1 Å². The number of nitrogens with zero attached hydrogens (tertiary/aromatic N) is 2. The number of carbonyl (C=O) groups is 1. The van der Waals surface area contributed by atoms with Crippen molar-refractivity contribution in [2.24, 2.45) is 23.2 Å². The average Bonchev–Trinajstić information content (AvgIpc) is 3.32. The molecular formula is C39H52N2O2. The molecule has 3 unspecified atom stereocenters. The summed E-state index contributed by atoms with van der Waals surface area (Å²) in [4.78, 5) is 20.9. The third kappa shape index (κ3) is 6.86. The van der Waals surface area contributed by atoms with Crippen LogP contribution in [-0.4, -0.2) is 42.4 Å². The molecule has 3 saturated heterocycles. The maximum atomic E-state index is 13.3. The Morgan fingerprint density at radius 2 is 1.86 bits per heavy atom. The van der Waals surface area contributed by atoms with E-state index in [-0.39, 0.29) is 5.78 Å². The number of fused-ring (bicyclic) bond motifs is 4. The van der Waals surface area contributed by atoms with E-state index < -0.39 is 0 Å². The molecule has 2 saturated carbocycles. The van der Waals surface area contributed by atoms with Crippen molar-refractivity contribution in [3.63, 3.8) is 0 Å². The van der Waals surface area contributed by atoms with Gasteiger partial charge in [0.15, 0.2) is 5.78 Å². The van der Waals surface area contributed by atoms with E-state index in [1.54, 1.807) is 7.11 Å². The maximum absolute atomic E-state index is 13.3. The van der Waals surface area contributed by atoms with Crippen molar-refractivity contribution in [1.82, 2.24) is 9.88 Å². The largest absolute Gasteiger partial charge is 0.496 e. The minimum Gasteiger partial charge on any atom is -0.496 e. The number of Topliss-reactive ketones (excluding diaryl/α,β-unsaturated/α-hetero) is 1. The molecule has 5 aliphatic rings. The minimum atomic E-state index is 0.250. The number of ether oxygens (including phenoxy) is 1. The Bertz CT molecular complexity index is 1340. The number of benzene rings is 1. The van der Waals surface area contributed by atoms with Crippen LogP contribution in [0.15, 0.2) is 48.2 Å². The predicted octanol–water partition coefficient (Wildman–Crippen LogP) is 8.69. The lowest BCUT2D eigenvalue weighted by Gasteiger charge is -2.44. The first-order valence-corrected chi connectivity index (χ1v) is 17.2. The van der Waals surface area contributed by atoms with Crippen molar-refractivity contribution in [3.05, 3.63) is 76.3 Å². The highest BCUT2D eigenvalue weighted by Crippen LogP contribution is 2.52. The van der Waals surface area contributed by atoms with Gasteiger partial charge in [-0.25, -0.2) is 0 Å². The van der Waals surface area contributed by atoms with Gasteiger partial charge in [0.1, 0.15) is 5.75 Å². The SMILES string of the molecule is C=C=C(Cc1ccc(Cc2ccc(C(=O)CC3CN4CCCC3CC4)cc2OC)nc1C)C1(CCC2CCCC2)CCC1. The van der Waals surface area contributed by atoms with Crippen LogP contribution >= 0.6 is 0 Å². The summed E-state index contributed by atoms with van der Waals surface area (Å²) in [6.07, 6.45) is 18.3. The van der Waals surface area contributed by atoms with Gasteiger partial charge in [-0.2, -0.15) is 0 Å². The molecule has 230 valence electrons. The van der Waals surface area contributed by atoms with E-state index in [9.17, 15) is 4.79 Å². The second-order valence-electron chi connectivity index (χ2n) is 14.3. The smallest absolute Gasteiger partial charge is 0.163 e. The van der Waals surface area contributed by atoms with Gasteiger partial charge in [-0.05, 0) is 111 Å². The van der Waals surface area contributed by atoms with Crippen LogP contribution in [-0.2, 0) is 12.8 Å². The van der Waals surface area contributed by atoms with Crippen molar-refractivity contribution in [2.45, 2.75) is 103 Å². The van der Waals surface area contributed by atoms with Gasteiger partial charge in [0, 0.05) is 48.3 Å². The number of piperidine rings is 1. The number of pyridine rings is 1. The van der Waals surface area contributed by atoms with Gasteiger partial charge < -0.3 is 9.64 Å². The summed E-state index contributed by atoms with van der Waals surface area (Å²) in [5, 5.41) is 0. The number of aromatic nitrogens is 1. The van der Waals surface area contributed by atoms with E-state index in [2.05, 4.69) is 42.3 Å². The number of carbonyl (C=O) groups excluding carboxylic acids is 1. The molecule has 5 fully saturated rings. The zero-order valence-corrected chi connectivity index (χ0v) is 26.8. The normalized spacial score (nSPS) is 24.7. The lowest BCUT2D eigenvalue weighted by Crippen LogP contribution is -2.38. The Morgan fingerprint density at radius 3 is 2.58 bits per heavy atom. The van der Waals surface area contributed by atoms with Crippen molar-refractivity contribution >= 4 is 5.78 Å². The zero-order valence-electron chi connectivity index (χ0n) is 26.8. The first kappa shape index (κ1) is 30.4. The summed E-state index contributed by atoms with van der Waals surface area (Å²) in [6.45, 7) is 9.78. The number of hydrogen-bond donors (Lipinski definition) is 0. The molecule has 0 spiro atoms. The van der Waals surface area contributed by atoms with Crippen LogP contribution in [0, 0.1) is 30.1 Å². The van der Waals surface area contributed by atoms with Crippen LogP contribution in [0.1, 0.15) is 116 Å². The van der Waals surface area contributed by atoms with E-state index in [4.69, 9.17) is 9.72 Å². The van der Waals surface area contributed by atoms with Crippen molar-refractivity contribution in [1.29, 1.82) is 0 Å². The van der Waals surface area contributed by atoms with Crippen LogP contribution < -0.4 is 4.74 Å². The number of aryl methyl sites for hydroxylation is 1. The number of ketones is 1. The van der Waals surface area contributed by atoms with Gasteiger partial charge in [0.05, 0.1) is 7.11 Å². The molecule has 1 aromatic heterocycles. The van der Waals surface area contributed by atoms with Gasteiger partial charge in [-0.15, -0.1) is 5.73 Å². The van der Waals surface area contributed by atoms with Gasteiger partial charge >= 0.3 is 0 Å². The van der Waals surface area contributed by atoms with Crippen molar-refractivity contribution in [3.8, 4) is 5.75 Å². The molecule has 4 heterocycles. The first-order chi connectivity index (χ1) is 21.0. The van der Waals surface area contributed by atoms with Crippen LogP contribution in [0.2, 0.25) is 0 Å². The van der Waals surface area contributed by atoms with Crippen molar-refractivity contribution < 1.29 is 9.53 Å². The minimum absolute atomic E-state index is 0.250. The van der Waals surface area contributed by atoms with Gasteiger partial charge in [-0.3, -0.25) is 9.78 Å². The fourth-order valence-corrected chi connectivity index (χ4v) is 8.80. The molecule has 3 aliphatic heterocycles. The highest BCUT2D eigenvalue weighted by molar-refractivity contribution is 5.96. The van der Waals surface area contributed by atoms with E-state index in [0.29, 0.717) is 30.1 Å². The average molecular weight is 581 g/mol.